The molecule has 10 heavy (non-hydrogen) atoms. The second-order valence-corrected chi connectivity index (χ2v) is 1.00. The summed E-state index contributed by atoms with van der Waals surface area (Å²) < 4.78 is 0. The van der Waals surface area contributed by atoms with Crippen LogP contribution in [-0.2, 0) is 39.0 Å². The molecule has 0 fully saturated rings. The molecule has 4 heteroatoms. The predicted molar refractivity (Wildman–Crippen MR) is 24.8 cm³/mol. The Kier molecular flexibility index (Phi) is 38.6. The van der Waals surface area contributed by atoms with Crippen molar-refractivity contribution < 1.29 is 86.9 Å². The maximum Gasteiger partial charge on any atom is 0 e. The van der Waals surface area contributed by atoms with Crippen LogP contribution >= 0.6 is 0 Å². The van der Waals surface area contributed by atoms with Gasteiger partial charge in [-0.3, -0.25) is 0 Å². The fourth-order valence-corrected chi connectivity index (χ4v) is 0.304. The third kappa shape index (κ3) is 12.5. The first-order valence-electron chi connectivity index (χ1n) is 1.82. The van der Waals surface area contributed by atoms with E-state index >= 15 is 0 Å². The molecule has 1 aliphatic rings. The Bertz CT molecular complexity index is 83.1. The average Bonchev–Trinajstić information content (AvgIpc) is 1.72. The molecule has 48 valence electrons. The molecule has 0 heterocycles. The Morgan fingerprint density at radius 3 is 1.80 bits per heavy atom. The van der Waals surface area contributed by atoms with Crippen LogP contribution in [-0.4, -0.2) is 0 Å². The van der Waals surface area contributed by atoms with Gasteiger partial charge in [0.15, 0.2) is 0 Å². The summed E-state index contributed by atoms with van der Waals surface area (Å²) in [5.41, 5.74) is 0. The van der Waals surface area contributed by atoms with E-state index in [2.05, 4.69) is 12.2 Å². The molecule has 0 saturated heterocycles. The van der Waals surface area contributed by atoms with Crippen molar-refractivity contribution in [3.05, 3.63) is 36.5 Å². The molecule has 0 aromatic rings. The third-order valence-electron chi connectivity index (χ3n) is 0.552. The molecule has 1 rings (SSSR count). The van der Waals surface area contributed by atoms with Crippen molar-refractivity contribution in [2.75, 3.05) is 0 Å². The van der Waals surface area contributed by atoms with Gasteiger partial charge in [0.1, 0.15) is 0 Å². The number of hydrogen-bond acceptors (Lipinski definition) is 0. The summed E-state index contributed by atoms with van der Waals surface area (Å²) >= 11 is 0. The van der Waals surface area contributed by atoms with Crippen molar-refractivity contribution in [2.24, 2.45) is 0 Å². The first-order chi connectivity index (χ1) is 3.00. The van der Waals surface area contributed by atoms with Gasteiger partial charge in [-0.25, -0.2) is 0 Å². The average molecular weight is 461 g/mol. The SMILES string of the molecule is [C+]1=CC=C[C-]=C1.[I-].[I-].[Zn].[Zn]. The molecule has 0 spiro atoms. The van der Waals surface area contributed by atoms with E-state index in [1.54, 1.807) is 6.08 Å². The van der Waals surface area contributed by atoms with Crippen molar-refractivity contribution in [3.63, 3.8) is 0 Å². The number of allylic oxidation sites excluding steroid dienone is 6. The molecule has 0 saturated carbocycles. The molecule has 0 aromatic carbocycles. The second kappa shape index (κ2) is 17.1. The van der Waals surface area contributed by atoms with Gasteiger partial charge in [0.2, 0.25) is 0 Å². The van der Waals surface area contributed by atoms with E-state index in [9.17, 15) is 0 Å². The van der Waals surface area contributed by atoms with Gasteiger partial charge in [-0.05, 0) is 18.2 Å². The molecule has 0 nitrogen and oxygen atoms in total. The summed E-state index contributed by atoms with van der Waals surface area (Å²) in [6, 6.07) is 0. The van der Waals surface area contributed by atoms with Crippen molar-refractivity contribution >= 4 is 0 Å². The summed E-state index contributed by atoms with van der Waals surface area (Å²) in [7, 11) is 0. The Balaban J connectivity index is -0.0000000450. The summed E-state index contributed by atoms with van der Waals surface area (Å²) in [5, 5.41) is 0. The second-order valence-electron chi connectivity index (χ2n) is 1.00. The summed E-state index contributed by atoms with van der Waals surface area (Å²) in [5.74, 6) is 0. The molecule has 0 radical (unpaired) electrons. The molecule has 1 aliphatic carbocycles. The van der Waals surface area contributed by atoms with Crippen LogP contribution in [0.1, 0.15) is 0 Å². The van der Waals surface area contributed by atoms with E-state index in [4.69, 9.17) is 0 Å². The monoisotopic (exact) mass is 458 g/mol. The van der Waals surface area contributed by atoms with Crippen LogP contribution in [0.4, 0.5) is 0 Å². The van der Waals surface area contributed by atoms with Crippen molar-refractivity contribution in [1.29, 1.82) is 0 Å². The van der Waals surface area contributed by atoms with Crippen LogP contribution in [0.25, 0.3) is 0 Å². The smallest absolute Gasteiger partial charge is 0 e. The van der Waals surface area contributed by atoms with Crippen molar-refractivity contribution in [3.8, 4) is 0 Å². The van der Waals surface area contributed by atoms with E-state index in [1.165, 1.54) is 0 Å². The van der Waals surface area contributed by atoms with Crippen molar-refractivity contribution in [2.45, 2.75) is 0 Å². The van der Waals surface area contributed by atoms with Crippen molar-refractivity contribution in [1.82, 2.24) is 0 Å². The zero-order valence-corrected chi connectivity index (χ0v) is 15.7. The molecule has 0 bridgehead atoms. The minimum Gasteiger partial charge on any atom is -1.00 e. The predicted octanol–water partition coefficient (Wildman–Crippen LogP) is -4.72. The van der Waals surface area contributed by atoms with E-state index in [1.807, 2.05) is 18.2 Å². The van der Waals surface area contributed by atoms with Crippen LogP contribution in [0.5, 0.6) is 0 Å². The van der Waals surface area contributed by atoms with E-state index in [0.29, 0.717) is 0 Å². The standard InChI is InChI=1S/C6H4.2HI.2Zn/c1-2-4-6-5-3-1;;;;/h1-3,6H;2*1H;;/p-2. The van der Waals surface area contributed by atoms with Gasteiger partial charge in [-0.15, -0.1) is 6.08 Å². The normalized spacial score (nSPS) is 8.80. The molecule has 0 atom stereocenters. The number of hydrogen-bond donors (Lipinski definition) is 0. The Labute approximate surface area is 122 Å². The van der Waals surface area contributed by atoms with E-state index in [-0.39, 0.29) is 86.9 Å². The number of halogens is 2. The van der Waals surface area contributed by atoms with Crippen LogP contribution in [0.3, 0.4) is 0 Å². The van der Waals surface area contributed by atoms with Gasteiger partial charge in [0, 0.05) is 39.0 Å². The third-order valence-corrected chi connectivity index (χ3v) is 0.552. The summed E-state index contributed by atoms with van der Waals surface area (Å²) in [6.45, 7) is 0. The van der Waals surface area contributed by atoms with Crippen LogP contribution in [0, 0.1) is 12.2 Å². The first-order valence-corrected chi connectivity index (χ1v) is 1.82. The molecule has 0 unspecified atom stereocenters. The minimum atomic E-state index is 0. The Morgan fingerprint density at radius 2 is 1.70 bits per heavy atom. The largest absolute Gasteiger partial charge is 1.00 e. The summed E-state index contributed by atoms with van der Waals surface area (Å²) in [4.78, 5) is 0. The Hall–Kier alpha value is 1.84. The zero-order chi connectivity index (χ0) is 4.24. The molecular weight excluding hydrogens is 457 g/mol. The van der Waals surface area contributed by atoms with Gasteiger partial charge in [0.05, 0.1) is 0 Å². The Morgan fingerprint density at radius 1 is 1.10 bits per heavy atom. The van der Waals surface area contributed by atoms with Gasteiger partial charge < -0.3 is 48.0 Å². The van der Waals surface area contributed by atoms with Crippen LogP contribution in [0.15, 0.2) is 24.3 Å². The van der Waals surface area contributed by atoms with Gasteiger partial charge >= 0.3 is 0 Å². The maximum absolute atomic E-state index is 2.84. The first kappa shape index (κ1) is 22.6. The maximum atomic E-state index is 2.84. The fraction of sp³-hybridized carbons (Fsp3) is 0. The molecule has 0 aliphatic heterocycles. The van der Waals surface area contributed by atoms with E-state index in [0.717, 1.165) is 0 Å². The molecular formula is C6H4I2Zn2-2. The van der Waals surface area contributed by atoms with Crippen LogP contribution < -0.4 is 48.0 Å². The quantitative estimate of drug-likeness (QED) is 0.194. The van der Waals surface area contributed by atoms with Gasteiger partial charge in [0.25, 0.3) is 0 Å². The van der Waals surface area contributed by atoms with E-state index < -0.39 is 0 Å². The number of rotatable bonds is 0. The molecule has 0 aromatic heterocycles. The summed E-state index contributed by atoms with van der Waals surface area (Å²) in [6.07, 6.45) is 13.0. The zero-order valence-electron chi connectivity index (χ0n) is 5.48. The van der Waals surface area contributed by atoms with Gasteiger partial charge in [-0.1, -0.05) is 12.2 Å². The minimum absolute atomic E-state index is 0. The molecule has 0 amide bonds. The van der Waals surface area contributed by atoms with Crippen LogP contribution in [0.2, 0.25) is 0 Å². The fourth-order valence-electron chi connectivity index (χ4n) is 0.304. The topological polar surface area (TPSA) is 0 Å². The molecule has 0 N–H and O–H groups in total. The van der Waals surface area contributed by atoms with Gasteiger partial charge in [-0.2, -0.15) is 0 Å².